The van der Waals surface area contributed by atoms with Gasteiger partial charge in [0.15, 0.2) is 0 Å². The Labute approximate surface area is 182 Å². The predicted octanol–water partition coefficient (Wildman–Crippen LogP) is 3.89. The molecule has 3 unspecified atom stereocenters. The lowest BCUT2D eigenvalue weighted by Crippen LogP contribution is -2.61. The summed E-state index contributed by atoms with van der Waals surface area (Å²) in [5, 5.41) is 0. The molecule has 0 radical (unpaired) electrons. The van der Waals surface area contributed by atoms with Crippen molar-refractivity contribution in [3.8, 4) is 0 Å². The Morgan fingerprint density at radius 1 is 1.27 bits per heavy atom. The van der Waals surface area contributed by atoms with Crippen LogP contribution in [-0.4, -0.2) is 48.8 Å². The molecule has 7 heteroatoms. The van der Waals surface area contributed by atoms with Crippen LogP contribution in [0.25, 0.3) is 0 Å². The number of carbonyl (C=O) groups excluding carboxylic acids is 1. The fourth-order valence-electron chi connectivity index (χ4n) is 4.63. The van der Waals surface area contributed by atoms with Crippen molar-refractivity contribution in [1.82, 2.24) is 9.21 Å². The molecule has 5 nitrogen and oxygen atoms in total. The summed E-state index contributed by atoms with van der Waals surface area (Å²) in [6.07, 6.45) is 5.64. The van der Waals surface area contributed by atoms with Crippen LogP contribution in [0.3, 0.4) is 0 Å². The number of benzene rings is 1. The number of ketones is 1. The molecule has 0 aliphatic carbocycles. The Balaban J connectivity index is 2.06. The van der Waals surface area contributed by atoms with Gasteiger partial charge in [-0.05, 0) is 44.5 Å². The second kappa shape index (κ2) is 9.27. The van der Waals surface area contributed by atoms with E-state index in [4.69, 9.17) is 0 Å². The first-order valence-corrected chi connectivity index (χ1v) is 12.4. The molecule has 0 bridgehead atoms. The van der Waals surface area contributed by atoms with Crippen LogP contribution in [0.15, 0.2) is 65.6 Å². The fraction of sp³-hybridized carbons (Fsp3) is 0.435. The van der Waals surface area contributed by atoms with E-state index >= 15 is 0 Å². The topological polar surface area (TPSA) is 57.7 Å². The SMILES string of the molecule is C=C/C=C(\C(C)=C/C)S(=O)(=O)N1C(P)CC(=O)[C@@H]2CN(C)C(c3ccccc3)C[C@@H]21. The van der Waals surface area contributed by atoms with Crippen LogP contribution in [0, 0.1) is 5.92 Å². The summed E-state index contributed by atoms with van der Waals surface area (Å²) in [5.74, 6) is -0.638. The van der Waals surface area contributed by atoms with E-state index in [0.717, 1.165) is 5.56 Å². The number of hydrogen-bond donors (Lipinski definition) is 0. The average Bonchev–Trinajstić information content (AvgIpc) is 2.72. The molecule has 0 spiro atoms. The average molecular weight is 447 g/mol. The molecule has 0 saturated carbocycles. The van der Waals surface area contributed by atoms with Crippen LogP contribution in [-0.2, 0) is 14.8 Å². The largest absolute Gasteiger partial charge is 0.299 e. The Morgan fingerprint density at radius 3 is 2.53 bits per heavy atom. The van der Waals surface area contributed by atoms with E-state index in [2.05, 4.69) is 32.9 Å². The Bertz CT molecular complexity index is 971. The van der Waals surface area contributed by atoms with Crippen molar-refractivity contribution < 1.29 is 13.2 Å². The third-order valence-electron chi connectivity index (χ3n) is 6.25. The Kier molecular flexibility index (Phi) is 7.13. The maximum absolute atomic E-state index is 13.8. The van der Waals surface area contributed by atoms with Crippen LogP contribution < -0.4 is 0 Å². The maximum atomic E-state index is 13.8. The molecule has 3 rings (SSSR count). The molecule has 30 heavy (non-hydrogen) atoms. The van der Waals surface area contributed by atoms with E-state index in [0.29, 0.717) is 18.5 Å². The highest BCUT2D eigenvalue weighted by molar-refractivity contribution is 7.93. The van der Waals surface area contributed by atoms with Gasteiger partial charge in [0.25, 0.3) is 0 Å². The maximum Gasteiger partial charge on any atom is 0.244 e. The molecular weight excluding hydrogens is 415 g/mol. The van der Waals surface area contributed by atoms with Gasteiger partial charge >= 0.3 is 0 Å². The number of likely N-dealkylation sites (tertiary alicyclic amines) is 1. The van der Waals surface area contributed by atoms with Gasteiger partial charge in [-0.1, -0.05) is 49.1 Å². The molecule has 2 fully saturated rings. The number of carbonyl (C=O) groups is 1. The number of hydrogen-bond acceptors (Lipinski definition) is 4. The lowest BCUT2D eigenvalue weighted by molar-refractivity contribution is -0.131. The minimum absolute atomic E-state index is 0.0582. The number of fused-ring (bicyclic) bond motifs is 1. The first-order chi connectivity index (χ1) is 14.2. The number of Topliss-reactive ketones (excluding diaryl/α,β-unsaturated/α-hetero) is 1. The van der Waals surface area contributed by atoms with Gasteiger partial charge in [-0.15, -0.1) is 9.24 Å². The smallest absolute Gasteiger partial charge is 0.244 e. The Morgan fingerprint density at radius 2 is 1.93 bits per heavy atom. The van der Waals surface area contributed by atoms with Gasteiger partial charge in [-0.2, -0.15) is 4.31 Å². The summed E-state index contributed by atoms with van der Waals surface area (Å²) >= 11 is 0. The zero-order chi connectivity index (χ0) is 22.1. The standard InChI is InChI=1S/C23H31N2O3PS/c1-5-10-22(16(3)6-2)30(27,28)25-20-13-19(17-11-8-7-9-12-17)24(4)15-18(20)21(26)14-23(25)29/h5-12,18-20,23H,1,13-15,29H2,2-4H3/b16-6-,22-10+/t18-,19?,20+,23?/m1/s1. The van der Waals surface area contributed by atoms with Crippen LogP contribution in [0.1, 0.15) is 38.3 Å². The zero-order valence-corrected chi connectivity index (χ0v) is 19.8. The Hall–Kier alpha value is -1.59. The van der Waals surface area contributed by atoms with Crippen molar-refractivity contribution in [2.75, 3.05) is 13.6 Å². The highest BCUT2D eigenvalue weighted by atomic mass is 32.2. The number of rotatable bonds is 5. The van der Waals surface area contributed by atoms with Gasteiger partial charge in [0, 0.05) is 36.8 Å². The van der Waals surface area contributed by atoms with E-state index < -0.39 is 15.8 Å². The number of sulfonamides is 1. The third-order valence-corrected chi connectivity index (χ3v) is 9.14. The molecule has 0 aromatic heterocycles. The van der Waals surface area contributed by atoms with Crippen LogP contribution >= 0.6 is 9.24 Å². The lowest BCUT2D eigenvalue weighted by Gasteiger charge is -2.50. The summed E-state index contributed by atoms with van der Waals surface area (Å²) in [7, 11) is 0.800. The monoisotopic (exact) mass is 446 g/mol. The number of piperidine rings is 2. The first kappa shape index (κ1) is 23.1. The molecule has 2 aliphatic heterocycles. The zero-order valence-electron chi connectivity index (χ0n) is 17.9. The van der Waals surface area contributed by atoms with Gasteiger partial charge < -0.3 is 0 Å². The molecule has 5 atom stereocenters. The molecule has 2 heterocycles. The molecule has 2 saturated heterocycles. The van der Waals surface area contributed by atoms with Gasteiger partial charge in [0.1, 0.15) is 5.78 Å². The highest BCUT2D eigenvalue weighted by Gasteiger charge is 2.51. The summed E-state index contributed by atoms with van der Waals surface area (Å²) in [4.78, 5) is 15.3. The second-order valence-electron chi connectivity index (χ2n) is 8.09. The summed E-state index contributed by atoms with van der Waals surface area (Å²) in [6.45, 7) is 7.86. The number of allylic oxidation sites excluding steroid dienone is 4. The molecule has 1 aromatic carbocycles. The van der Waals surface area contributed by atoms with Crippen LogP contribution in [0.5, 0.6) is 0 Å². The minimum Gasteiger partial charge on any atom is -0.299 e. The van der Waals surface area contributed by atoms with Gasteiger partial charge in [-0.3, -0.25) is 9.69 Å². The van der Waals surface area contributed by atoms with E-state index in [-0.39, 0.29) is 35.1 Å². The van der Waals surface area contributed by atoms with Crippen molar-refractivity contribution in [3.63, 3.8) is 0 Å². The van der Waals surface area contributed by atoms with Crippen molar-refractivity contribution in [3.05, 3.63) is 71.2 Å². The molecule has 1 aromatic rings. The minimum atomic E-state index is -3.80. The van der Waals surface area contributed by atoms with Crippen molar-refractivity contribution >= 4 is 25.0 Å². The number of nitrogens with zero attached hydrogens (tertiary/aromatic N) is 2. The molecule has 0 amide bonds. The summed E-state index contributed by atoms with van der Waals surface area (Å²) in [6, 6.07) is 9.78. The highest BCUT2D eigenvalue weighted by Crippen LogP contribution is 2.43. The predicted molar refractivity (Wildman–Crippen MR) is 125 cm³/mol. The lowest BCUT2D eigenvalue weighted by atomic mass is 9.80. The molecule has 2 aliphatic rings. The first-order valence-electron chi connectivity index (χ1n) is 10.2. The van der Waals surface area contributed by atoms with Gasteiger partial charge in [0.05, 0.1) is 4.91 Å². The fourth-order valence-corrected chi connectivity index (χ4v) is 7.60. The van der Waals surface area contributed by atoms with Gasteiger partial charge in [-0.25, -0.2) is 8.42 Å². The van der Waals surface area contributed by atoms with Gasteiger partial charge in [0.2, 0.25) is 10.0 Å². The van der Waals surface area contributed by atoms with Crippen molar-refractivity contribution in [1.29, 1.82) is 0 Å². The summed E-state index contributed by atoms with van der Waals surface area (Å²) in [5.41, 5.74) is 1.81. The molecular formula is C23H31N2O3PS. The third kappa shape index (κ3) is 4.24. The second-order valence-corrected chi connectivity index (χ2v) is 10.7. The summed E-state index contributed by atoms with van der Waals surface area (Å²) < 4.78 is 29.2. The van der Waals surface area contributed by atoms with Crippen LogP contribution in [0.2, 0.25) is 0 Å². The quantitative estimate of drug-likeness (QED) is 0.509. The van der Waals surface area contributed by atoms with E-state index in [1.807, 2.05) is 32.2 Å². The molecule has 0 N–H and O–H groups in total. The van der Waals surface area contributed by atoms with Crippen LogP contribution in [0.4, 0.5) is 0 Å². The van der Waals surface area contributed by atoms with E-state index in [9.17, 15) is 13.2 Å². The molecule has 162 valence electrons. The van der Waals surface area contributed by atoms with E-state index in [1.54, 1.807) is 23.4 Å². The van der Waals surface area contributed by atoms with Crippen molar-refractivity contribution in [2.24, 2.45) is 5.92 Å². The normalized spacial score (nSPS) is 29.5. The van der Waals surface area contributed by atoms with E-state index in [1.165, 1.54) is 6.08 Å². The van der Waals surface area contributed by atoms with Crippen molar-refractivity contribution in [2.45, 2.75) is 44.6 Å².